The van der Waals surface area contributed by atoms with Crippen molar-refractivity contribution in [3.63, 3.8) is 0 Å². The van der Waals surface area contributed by atoms with E-state index in [4.69, 9.17) is 5.11 Å². The molecule has 132 valence electrons. The number of aliphatic carboxylic acids is 1. The highest BCUT2D eigenvalue weighted by Crippen LogP contribution is 2.26. The van der Waals surface area contributed by atoms with E-state index in [-0.39, 0.29) is 24.5 Å². The summed E-state index contributed by atoms with van der Waals surface area (Å²) < 4.78 is 0. The van der Waals surface area contributed by atoms with Gasteiger partial charge in [-0.05, 0) is 43.7 Å². The number of hydrogen-bond donors (Lipinski definition) is 2. The molecule has 6 heteroatoms. The SMILES string of the molecule is CCN(CC(=O)O)C1CC(NC(=O)c2ccc(SC(C)C)cc2)C1. The lowest BCUT2D eigenvalue weighted by molar-refractivity contribution is -0.139. The van der Waals surface area contributed by atoms with Gasteiger partial charge in [0.05, 0.1) is 6.54 Å². The Kier molecular flexibility index (Phi) is 6.69. The zero-order valence-corrected chi connectivity index (χ0v) is 15.3. The highest BCUT2D eigenvalue weighted by Gasteiger charge is 2.34. The molecule has 24 heavy (non-hydrogen) atoms. The lowest BCUT2D eigenvalue weighted by Crippen LogP contribution is -2.54. The Morgan fingerprint density at radius 2 is 1.92 bits per heavy atom. The van der Waals surface area contributed by atoms with Crippen molar-refractivity contribution in [3.8, 4) is 0 Å². The van der Waals surface area contributed by atoms with Gasteiger partial charge in [0.15, 0.2) is 0 Å². The molecule has 1 saturated carbocycles. The van der Waals surface area contributed by atoms with Gasteiger partial charge in [-0.25, -0.2) is 0 Å². The van der Waals surface area contributed by atoms with Gasteiger partial charge >= 0.3 is 5.97 Å². The topological polar surface area (TPSA) is 69.6 Å². The third kappa shape index (κ3) is 5.24. The predicted octanol–water partition coefficient (Wildman–Crippen LogP) is 2.85. The molecule has 1 aliphatic rings. The molecule has 0 bridgehead atoms. The van der Waals surface area contributed by atoms with E-state index in [1.807, 2.05) is 36.1 Å². The fourth-order valence-electron chi connectivity index (χ4n) is 2.90. The van der Waals surface area contributed by atoms with Crippen LogP contribution in [-0.4, -0.2) is 52.3 Å². The molecule has 1 amide bonds. The minimum absolute atomic E-state index is 0.0548. The zero-order chi connectivity index (χ0) is 17.7. The first kappa shape index (κ1) is 18.8. The number of nitrogens with zero attached hydrogens (tertiary/aromatic N) is 1. The van der Waals surface area contributed by atoms with Gasteiger partial charge in [0.2, 0.25) is 0 Å². The summed E-state index contributed by atoms with van der Waals surface area (Å²) in [7, 11) is 0. The summed E-state index contributed by atoms with van der Waals surface area (Å²) in [5.41, 5.74) is 0.671. The lowest BCUT2D eigenvalue weighted by atomic mass is 9.85. The van der Waals surface area contributed by atoms with Gasteiger partial charge in [0.25, 0.3) is 5.91 Å². The first-order valence-electron chi connectivity index (χ1n) is 8.42. The van der Waals surface area contributed by atoms with Crippen LogP contribution >= 0.6 is 11.8 Å². The molecule has 0 aliphatic heterocycles. The third-order valence-electron chi connectivity index (χ3n) is 4.20. The second kappa shape index (κ2) is 8.53. The Bertz CT molecular complexity index is 568. The van der Waals surface area contributed by atoms with E-state index < -0.39 is 5.97 Å². The van der Waals surface area contributed by atoms with Crippen molar-refractivity contribution in [2.45, 2.75) is 55.8 Å². The number of rotatable bonds is 8. The molecule has 0 spiro atoms. The summed E-state index contributed by atoms with van der Waals surface area (Å²) in [6.45, 7) is 7.03. The number of thioether (sulfide) groups is 1. The number of benzene rings is 1. The van der Waals surface area contributed by atoms with E-state index in [0.717, 1.165) is 17.7 Å². The first-order chi connectivity index (χ1) is 11.4. The van der Waals surface area contributed by atoms with Crippen molar-refractivity contribution in [1.29, 1.82) is 0 Å². The van der Waals surface area contributed by atoms with E-state index in [1.54, 1.807) is 11.8 Å². The van der Waals surface area contributed by atoms with Gasteiger partial charge in [0, 0.05) is 27.8 Å². The number of carboxylic acid groups (broad SMARTS) is 1. The highest BCUT2D eigenvalue weighted by atomic mass is 32.2. The van der Waals surface area contributed by atoms with Crippen LogP contribution in [0.3, 0.4) is 0 Å². The molecule has 0 aromatic heterocycles. The van der Waals surface area contributed by atoms with Crippen LogP contribution in [0.25, 0.3) is 0 Å². The molecule has 0 radical (unpaired) electrons. The molecule has 0 saturated heterocycles. The molecule has 5 nitrogen and oxygen atoms in total. The molecule has 1 fully saturated rings. The first-order valence-corrected chi connectivity index (χ1v) is 9.30. The van der Waals surface area contributed by atoms with Crippen molar-refractivity contribution >= 4 is 23.6 Å². The molecule has 1 aliphatic carbocycles. The van der Waals surface area contributed by atoms with Crippen LogP contribution in [0.5, 0.6) is 0 Å². The van der Waals surface area contributed by atoms with Crippen molar-refractivity contribution in [2.24, 2.45) is 0 Å². The highest BCUT2D eigenvalue weighted by molar-refractivity contribution is 7.99. The average molecular weight is 350 g/mol. The van der Waals surface area contributed by atoms with Crippen molar-refractivity contribution in [3.05, 3.63) is 29.8 Å². The second-order valence-corrected chi connectivity index (χ2v) is 8.09. The summed E-state index contributed by atoms with van der Waals surface area (Å²) in [6.07, 6.45) is 1.63. The maximum Gasteiger partial charge on any atom is 0.317 e. The van der Waals surface area contributed by atoms with Crippen LogP contribution in [0.15, 0.2) is 29.2 Å². The standard InChI is InChI=1S/C18H26N2O3S/c1-4-20(11-17(21)22)15-9-14(10-15)19-18(23)13-5-7-16(8-6-13)24-12(2)3/h5-8,12,14-15H,4,9-11H2,1-3H3,(H,19,23)(H,21,22). The maximum atomic E-state index is 12.3. The molecule has 2 N–H and O–H groups in total. The number of amides is 1. The monoisotopic (exact) mass is 350 g/mol. The van der Waals surface area contributed by atoms with Crippen LogP contribution in [0, 0.1) is 0 Å². The Balaban J connectivity index is 1.81. The van der Waals surface area contributed by atoms with Crippen LogP contribution in [0.4, 0.5) is 0 Å². The fourth-order valence-corrected chi connectivity index (χ4v) is 3.74. The fraction of sp³-hybridized carbons (Fsp3) is 0.556. The van der Waals surface area contributed by atoms with Crippen LogP contribution in [0.1, 0.15) is 44.0 Å². The van der Waals surface area contributed by atoms with Gasteiger partial charge in [-0.3, -0.25) is 14.5 Å². The van der Waals surface area contributed by atoms with Gasteiger partial charge in [-0.2, -0.15) is 0 Å². The van der Waals surface area contributed by atoms with Gasteiger partial charge in [-0.15, -0.1) is 11.8 Å². The van der Waals surface area contributed by atoms with Crippen LogP contribution < -0.4 is 5.32 Å². The third-order valence-corrected chi connectivity index (χ3v) is 5.21. The van der Waals surface area contributed by atoms with E-state index in [0.29, 0.717) is 17.4 Å². The minimum atomic E-state index is -0.802. The van der Waals surface area contributed by atoms with Crippen molar-refractivity contribution < 1.29 is 14.7 Å². The second-order valence-electron chi connectivity index (χ2n) is 6.44. The largest absolute Gasteiger partial charge is 0.480 e. The Hall–Kier alpha value is -1.53. The van der Waals surface area contributed by atoms with E-state index >= 15 is 0 Å². The molecule has 1 aromatic rings. The number of nitrogens with one attached hydrogen (secondary N) is 1. The molecule has 0 unspecified atom stereocenters. The van der Waals surface area contributed by atoms with E-state index in [2.05, 4.69) is 19.2 Å². The number of carbonyl (C=O) groups excluding carboxylic acids is 1. The Labute approximate surface area is 147 Å². The molecule has 1 aromatic carbocycles. The minimum Gasteiger partial charge on any atom is -0.480 e. The molecule has 2 rings (SSSR count). The van der Waals surface area contributed by atoms with Crippen LogP contribution in [-0.2, 0) is 4.79 Å². The molecular formula is C18H26N2O3S. The number of likely N-dealkylation sites (N-methyl/N-ethyl adjacent to an activating group) is 1. The van der Waals surface area contributed by atoms with E-state index in [9.17, 15) is 9.59 Å². The predicted molar refractivity (Wildman–Crippen MR) is 96.6 cm³/mol. The number of carbonyl (C=O) groups is 2. The summed E-state index contributed by atoms with van der Waals surface area (Å²) >= 11 is 1.77. The summed E-state index contributed by atoms with van der Waals surface area (Å²) in [4.78, 5) is 26.2. The Morgan fingerprint density at radius 3 is 2.42 bits per heavy atom. The molecule has 0 atom stereocenters. The lowest BCUT2D eigenvalue weighted by Gasteiger charge is -2.42. The van der Waals surface area contributed by atoms with Crippen LogP contribution in [0.2, 0.25) is 0 Å². The quantitative estimate of drug-likeness (QED) is 0.706. The summed E-state index contributed by atoms with van der Waals surface area (Å²) in [6, 6.07) is 8.07. The van der Waals surface area contributed by atoms with Crippen molar-refractivity contribution in [2.75, 3.05) is 13.1 Å². The van der Waals surface area contributed by atoms with E-state index in [1.165, 1.54) is 0 Å². The maximum absolute atomic E-state index is 12.3. The molecule has 0 heterocycles. The zero-order valence-electron chi connectivity index (χ0n) is 14.5. The van der Waals surface area contributed by atoms with Gasteiger partial charge < -0.3 is 10.4 Å². The number of hydrogen-bond acceptors (Lipinski definition) is 4. The number of carboxylic acids is 1. The average Bonchev–Trinajstić information content (AvgIpc) is 2.48. The van der Waals surface area contributed by atoms with Crippen molar-refractivity contribution in [1.82, 2.24) is 10.2 Å². The van der Waals surface area contributed by atoms with Gasteiger partial charge in [0.1, 0.15) is 0 Å². The van der Waals surface area contributed by atoms with Gasteiger partial charge in [-0.1, -0.05) is 20.8 Å². The summed E-state index contributed by atoms with van der Waals surface area (Å²) in [5.74, 6) is -0.857. The normalized spacial score (nSPS) is 20.0. The smallest absolute Gasteiger partial charge is 0.317 e. The molecular weight excluding hydrogens is 324 g/mol. The Morgan fingerprint density at radius 1 is 1.29 bits per heavy atom. The summed E-state index contributed by atoms with van der Waals surface area (Å²) in [5, 5.41) is 12.5.